The number of nitrogens with one attached hydrogen (secondary N) is 2. The van der Waals surface area contributed by atoms with Crippen LogP contribution in [0.3, 0.4) is 0 Å². The Morgan fingerprint density at radius 2 is 1.68 bits per heavy atom. The van der Waals surface area contributed by atoms with E-state index in [1.807, 2.05) is 85.4 Å². The summed E-state index contributed by atoms with van der Waals surface area (Å²) in [7, 11) is 1.92. The van der Waals surface area contributed by atoms with Gasteiger partial charge in [0.25, 0.3) is 5.91 Å². The second-order valence-electron chi connectivity index (χ2n) is 20.6. The monoisotopic (exact) mass is 1010 g/mol. The van der Waals surface area contributed by atoms with Gasteiger partial charge in [-0.2, -0.15) is 5.10 Å². The molecular formula is C58H63N9O6S. The van der Waals surface area contributed by atoms with Crippen molar-refractivity contribution >= 4 is 72.8 Å². The maximum Gasteiger partial charge on any atom is 0.355 e. The second-order valence-corrected chi connectivity index (χ2v) is 21.7. The number of carbonyl (C=O) groups excluding carboxylic acids is 3. The van der Waals surface area contributed by atoms with E-state index in [0.29, 0.717) is 66.4 Å². The Balaban J connectivity index is 0.656. The number of amides is 3. The Morgan fingerprint density at radius 3 is 2.47 bits per heavy atom. The molecule has 11 rings (SSSR count). The Bertz CT molecular complexity index is 3250. The summed E-state index contributed by atoms with van der Waals surface area (Å²) in [5.74, 6) is -0.191. The first kappa shape index (κ1) is 49.1. The normalized spacial score (nSPS) is 19.9. The number of aromatic carboxylic acids is 1. The fourth-order valence-corrected chi connectivity index (χ4v) is 12.7. The predicted octanol–water partition coefficient (Wildman–Crippen LogP) is 9.91. The van der Waals surface area contributed by atoms with E-state index >= 15 is 0 Å². The molecule has 3 N–H and O–H groups in total. The zero-order valence-corrected chi connectivity index (χ0v) is 43.1. The number of nitrogens with zero attached hydrogens (tertiary/aromatic N) is 7. The molecule has 1 saturated carbocycles. The molecule has 3 aromatic heterocycles. The van der Waals surface area contributed by atoms with Crippen LogP contribution in [0.5, 0.6) is 5.75 Å². The van der Waals surface area contributed by atoms with Gasteiger partial charge in [0.1, 0.15) is 11.6 Å². The molecule has 2 saturated heterocycles. The molecule has 16 heteroatoms. The number of carboxylic acids is 1. The number of piperidine rings is 1. The molecule has 0 radical (unpaired) electrons. The van der Waals surface area contributed by atoms with Crippen molar-refractivity contribution < 1.29 is 29.0 Å². The maximum absolute atomic E-state index is 13.7. The van der Waals surface area contributed by atoms with Gasteiger partial charge in [-0.3, -0.25) is 34.6 Å². The van der Waals surface area contributed by atoms with Crippen molar-refractivity contribution in [2.45, 2.75) is 103 Å². The minimum absolute atomic E-state index is 0.0175. The van der Waals surface area contributed by atoms with Crippen LogP contribution >= 0.6 is 11.3 Å². The van der Waals surface area contributed by atoms with E-state index in [4.69, 9.17) is 14.8 Å². The quantitative estimate of drug-likeness (QED) is 0.0881. The van der Waals surface area contributed by atoms with Crippen molar-refractivity contribution in [3.63, 3.8) is 0 Å². The van der Waals surface area contributed by atoms with Crippen LogP contribution in [0.4, 0.5) is 16.6 Å². The van der Waals surface area contributed by atoms with Gasteiger partial charge in [-0.25, -0.2) is 14.8 Å². The predicted molar refractivity (Wildman–Crippen MR) is 289 cm³/mol. The van der Waals surface area contributed by atoms with Crippen molar-refractivity contribution in [1.29, 1.82) is 0 Å². The summed E-state index contributed by atoms with van der Waals surface area (Å²) < 4.78 is 9.56. The largest absolute Gasteiger partial charge is 0.490 e. The number of para-hydroxylation sites is 1. The molecule has 6 heterocycles. The van der Waals surface area contributed by atoms with Crippen molar-refractivity contribution in [1.82, 2.24) is 30.0 Å². The fourth-order valence-electron chi connectivity index (χ4n) is 11.8. The highest BCUT2D eigenvalue weighted by molar-refractivity contribution is 7.22. The number of benzene rings is 4. The lowest BCUT2D eigenvalue weighted by atomic mass is 9.84. The SMILES string of the molecule is Cc1c(OC2CCC(CCC[C@@H](C)N3CCN(c4ccc5c(C6CCC(=O)NC6=O)nn(C)c5c4)CC3)CC2)cccc1-c1ccc(N2CCc3cccc(C(=O)Nc4nc5ccccc5s4)c3C2)nc1C(=O)O. The number of carboxylic acid groups (broad SMARTS) is 1. The zero-order valence-electron chi connectivity index (χ0n) is 42.3. The van der Waals surface area contributed by atoms with Crippen LogP contribution in [-0.4, -0.2) is 98.3 Å². The standard InChI is InChI=1S/C58H63N9O6S/c1-35(65-29-31-66(32-30-65)39-19-22-44-48(33-39)64(3)63-53(44)45-24-26-52(68)61-56(45)70)9-6-10-37-17-20-40(21-18-37)73-49-15-8-12-41(36(49)2)42-23-25-51(60-54(42)57(71)72)67-28-27-38-11-7-13-43(46(38)34-67)55(69)62-58-59-47-14-4-5-16-50(47)74-58/h4-5,7-8,11-16,19,22-23,25,33,35,37,40,45H,6,9-10,17-18,20-21,24,26-32,34H2,1-3H3,(H,71,72)(H,59,62,69)(H,61,68,70)/t35-,37?,40?,45?/m1/s1. The van der Waals surface area contributed by atoms with Gasteiger partial charge in [-0.05, 0) is 142 Å². The van der Waals surface area contributed by atoms with Gasteiger partial charge in [0.2, 0.25) is 11.8 Å². The number of rotatable bonds is 14. The highest BCUT2D eigenvalue weighted by Gasteiger charge is 2.33. The average Bonchev–Trinajstić information content (AvgIpc) is 3.98. The van der Waals surface area contributed by atoms with Gasteiger partial charge in [0.05, 0.1) is 33.4 Å². The summed E-state index contributed by atoms with van der Waals surface area (Å²) in [4.78, 5) is 67.4. The smallest absolute Gasteiger partial charge is 0.355 e. The van der Waals surface area contributed by atoms with E-state index in [2.05, 4.69) is 61.5 Å². The van der Waals surface area contributed by atoms with Gasteiger partial charge >= 0.3 is 5.97 Å². The zero-order chi connectivity index (χ0) is 51.0. The molecule has 2 atom stereocenters. The molecule has 7 aromatic rings. The minimum Gasteiger partial charge on any atom is -0.490 e. The third-order valence-electron chi connectivity index (χ3n) is 16.1. The first-order chi connectivity index (χ1) is 35.9. The van der Waals surface area contributed by atoms with Crippen LogP contribution in [-0.2, 0) is 29.6 Å². The number of anilines is 3. The lowest BCUT2D eigenvalue weighted by Gasteiger charge is -2.39. The number of carbonyl (C=O) groups is 4. The fraction of sp³-hybridized carbons (Fsp3) is 0.397. The van der Waals surface area contributed by atoms with E-state index in [-0.39, 0.29) is 29.5 Å². The number of imide groups is 1. The number of hydrogen-bond acceptors (Lipinski definition) is 12. The highest BCUT2D eigenvalue weighted by Crippen LogP contribution is 2.38. The van der Waals surface area contributed by atoms with Crippen molar-refractivity contribution in [3.8, 4) is 16.9 Å². The molecule has 3 fully saturated rings. The van der Waals surface area contributed by atoms with Crippen molar-refractivity contribution in [3.05, 3.63) is 125 Å². The molecule has 3 aliphatic heterocycles. The van der Waals surface area contributed by atoms with Crippen LogP contribution in [0.2, 0.25) is 0 Å². The van der Waals surface area contributed by atoms with E-state index in [1.54, 1.807) is 0 Å². The van der Waals surface area contributed by atoms with Gasteiger partial charge < -0.3 is 19.6 Å². The summed E-state index contributed by atoms with van der Waals surface area (Å²) in [6.07, 6.45) is 9.50. The molecule has 74 heavy (non-hydrogen) atoms. The Labute approximate surface area is 434 Å². The summed E-state index contributed by atoms with van der Waals surface area (Å²) in [6, 6.07) is 30.2. The number of aromatic nitrogens is 4. The lowest BCUT2D eigenvalue weighted by Crippen LogP contribution is -2.49. The van der Waals surface area contributed by atoms with E-state index in [0.717, 1.165) is 107 Å². The summed E-state index contributed by atoms with van der Waals surface area (Å²) in [6.45, 7) is 9.36. The Kier molecular flexibility index (Phi) is 13.9. The third kappa shape index (κ3) is 10.1. The number of thiazole rings is 1. The van der Waals surface area contributed by atoms with Crippen molar-refractivity contribution in [2.75, 3.05) is 47.8 Å². The first-order valence-electron chi connectivity index (χ1n) is 26.3. The molecule has 3 amide bonds. The lowest BCUT2D eigenvalue weighted by molar-refractivity contribution is -0.134. The highest BCUT2D eigenvalue weighted by atomic mass is 32.1. The summed E-state index contributed by atoms with van der Waals surface area (Å²) in [5, 5.41) is 22.3. The van der Waals surface area contributed by atoms with Gasteiger partial charge in [0, 0.05) is 81.0 Å². The van der Waals surface area contributed by atoms with Crippen LogP contribution in [0.25, 0.3) is 32.2 Å². The number of piperazine rings is 1. The second kappa shape index (κ2) is 21.0. The average molecular weight is 1010 g/mol. The molecule has 15 nitrogen and oxygen atoms in total. The topological polar surface area (TPSA) is 175 Å². The molecule has 382 valence electrons. The minimum atomic E-state index is -1.10. The van der Waals surface area contributed by atoms with Crippen LogP contribution in [0, 0.1) is 12.8 Å². The first-order valence-corrected chi connectivity index (χ1v) is 27.1. The van der Waals surface area contributed by atoms with E-state index in [1.165, 1.54) is 36.3 Å². The number of hydrogen-bond donors (Lipinski definition) is 3. The molecule has 0 bridgehead atoms. The van der Waals surface area contributed by atoms with E-state index < -0.39 is 11.9 Å². The van der Waals surface area contributed by atoms with Crippen LogP contribution in [0.1, 0.15) is 114 Å². The van der Waals surface area contributed by atoms with Gasteiger partial charge in [0.15, 0.2) is 10.8 Å². The number of pyridine rings is 1. The molecule has 4 aromatic carbocycles. The molecule has 1 aliphatic carbocycles. The summed E-state index contributed by atoms with van der Waals surface area (Å²) >= 11 is 1.44. The van der Waals surface area contributed by atoms with Gasteiger partial charge in [-0.15, -0.1) is 0 Å². The van der Waals surface area contributed by atoms with Crippen LogP contribution in [0.15, 0.2) is 91.0 Å². The summed E-state index contributed by atoms with van der Waals surface area (Å²) in [5.41, 5.74) is 8.52. The van der Waals surface area contributed by atoms with E-state index in [9.17, 15) is 24.3 Å². The molecular weight excluding hydrogens is 951 g/mol. The molecule has 1 unspecified atom stereocenters. The van der Waals surface area contributed by atoms with Crippen molar-refractivity contribution in [2.24, 2.45) is 13.0 Å². The number of fused-ring (bicyclic) bond motifs is 3. The third-order valence-corrected chi connectivity index (χ3v) is 17.0. The Morgan fingerprint density at radius 1 is 0.865 bits per heavy atom. The Hall–Kier alpha value is -7.17. The maximum atomic E-state index is 13.7. The number of ether oxygens (including phenoxy) is 1. The molecule has 4 aliphatic rings. The molecule has 0 spiro atoms. The van der Waals surface area contributed by atoms with Gasteiger partial charge in [-0.1, -0.05) is 60.6 Å². The van der Waals surface area contributed by atoms with Crippen LogP contribution < -0.4 is 25.2 Å². The number of aryl methyl sites for hydroxylation is 1.